The third kappa shape index (κ3) is 5.23. The van der Waals surface area contributed by atoms with E-state index in [-0.39, 0.29) is 18.4 Å². The van der Waals surface area contributed by atoms with Crippen LogP contribution in [0.25, 0.3) is 10.2 Å². The highest BCUT2D eigenvalue weighted by Gasteiger charge is 2.22. The van der Waals surface area contributed by atoms with Crippen molar-refractivity contribution in [3.63, 3.8) is 0 Å². The molecule has 29 heavy (non-hydrogen) atoms. The fourth-order valence-corrected chi connectivity index (χ4v) is 3.71. The number of benzene rings is 2. The highest BCUT2D eigenvalue weighted by Crippen LogP contribution is 2.28. The molecule has 0 fully saturated rings. The van der Waals surface area contributed by atoms with Gasteiger partial charge in [-0.05, 0) is 44.3 Å². The largest absolute Gasteiger partial charge is 0.495 e. The van der Waals surface area contributed by atoms with Gasteiger partial charge in [0.2, 0.25) is 11.8 Å². The number of rotatable bonds is 7. The molecule has 0 aliphatic carbocycles. The molecule has 1 unspecified atom stereocenters. The van der Waals surface area contributed by atoms with Crippen LogP contribution in [0.1, 0.15) is 6.92 Å². The molecule has 2 aromatic carbocycles. The lowest BCUT2D eigenvalue weighted by molar-refractivity contribution is -0.122. The Labute approximate surface area is 177 Å². The van der Waals surface area contributed by atoms with Crippen molar-refractivity contribution in [1.82, 2.24) is 9.88 Å². The molecular weight excluding hydrogens is 412 g/mol. The number of thiazole rings is 1. The first-order valence-corrected chi connectivity index (χ1v) is 10.1. The summed E-state index contributed by atoms with van der Waals surface area (Å²) in [4.78, 5) is 31.0. The molecule has 0 aliphatic rings. The first-order chi connectivity index (χ1) is 13.9. The van der Waals surface area contributed by atoms with E-state index in [0.29, 0.717) is 21.6 Å². The Balaban J connectivity index is 1.59. The van der Waals surface area contributed by atoms with Crippen molar-refractivity contribution in [3.05, 3.63) is 47.5 Å². The van der Waals surface area contributed by atoms with Crippen LogP contribution in [0.15, 0.2) is 42.5 Å². The molecule has 1 aromatic heterocycles. The van der Waals surface area contributed by atoms with E-state index in [0.717, 1.165) is 10.2 Å². The molecule has 0 bridgehead atoms. The Hall–Kier alpha value is -2.68. The highest BCUT2D eigenvalue weighted by atomic mass is 35.5. The smallest absolute Gasteiger partial charge is 0.243 e. The van der Waals surface area contributed by atoms with Gasteiger partial charge in [-0.3, -0.25) is 14.5 Å². The number of anilines is 2. The van der Waals surface area contributed by atoms with Gasteiger partial charge in [0.1, 0.15) is 5.75 Å². The maximum atomic E-state index is 12.6. The Kier molecular flexibility index (Phi) is 6.68. The Bertz CT molecular complexity index is 1010. The monoisotopic (exact) mass is 432 g/mol. The minimum atomic E-state index is -0.533. The third-order valence-corrected chi connectivity index (χ3v) is 5.58. The summed E-state index contributed by atoms with van der Waals surface area (Å²) >= 11 is 7.39. The van der Waals surface area contributed by atoms with E-state index in [4.69, 9.17) is 16.3 Å². The van der Waals surface area contributed by atoms with Crippen LogP contribution in [0.3, 0.4) is 0 Å². The van der Waals surface area contributed by atoms with Crippen LogP contribution < -0.4 is 15.4 Å². The van der Waals surface area contributed by atoms with Crippen molar-refractivity contribution in [1.29, 1.82) is 0 Å². The van der Waals surface area contributed by atoms with Gasteiger partial charge < -0.3 is 15.4 Å². The summed E-state index contributed by atoms with van der Waals surface area (Å²) in [5, 5.41) is 6.60. The minimum Gasteiger partial charge on any atom is -0.495 e. The molecule has 0 spiro atoms. The summed E-state index contributed by atoms with van der Waals surface area (Å²) in [6.45, 7) is 1.75. The lowest BCUT2D eigenvalue weighted by Crippen LogP contribution is -2.43. The van der Waals surface area contributed by atoms with Crippen LogP contribution in [0.4, 0.5) is 10.8 Å². The molecule has 1 heterocycles. The van der Waals surface area contributed by atoms with Crippen LogP contribution >= 0.6 is 22.9 Å². The number of ether oxygens (including phenoxy) is 1. The fourth-order valence-electron chi connectivity index (χ4n) is 2.67. The van der Waals surface area contributed by atoms with Gasteiger partial charge in [-0.2, -0.15) is 0 Å². The number of fused-ring (bicyclic) bond motifs is 1. The maximum Gasteiger partial charge on any atom is 0.243 e. The van der Waals surface area contributed by atoms with Crippen LogP contribution in [0, 0.1) is 0 Å². The number of nitrogens with one attached hydrogen (secondary N) is 2. The molecule has 7 nitrogen and oxygen atoms in total. The second-order valence-corrected chi connectivity index (χ2v) is 7.93. The van der Waals surface area contributed by atoms with Crippen LogP contribution in [0.5, 0.6) is 5.75 Å². The zero-order valence-corrected chi connectivity index (χ0v) is 17.8. The predicted octanol–water partition coefficient (Wildman–Crippen LogP) is 3.86. The number of nitrogens with zero attached hydrogens (tertiary/aromatic N) is 2. The molecule has 0 saturated carbocycles. The standard InChI is InChI=1S/C20H21ClN4O3S/c1-12(19(27)24-20-23-14-6-4-5-7-17(14)29-20)25(2)11-18(26)22-15-10-13(21)8-9-16(15)28-3/h4-10,12H,11H2,1-3H3,(H,22,26)(H,23,24,27). The Morgan fingerprint density at radius 3 is 2.72 bits per heavy atom. The van der Waals surface area contributed by atoms with E-state index in [1.54, 1.807) is 37.1 Å². The number of amides is 2. The highest BCUT2D eigenvalue weighted by molar-refractivity contribution is 7.22. The number of carbonyl (C=O) groups is 2. The molecular formula is C20H21ClN4O3S. The van der Waals surface area contributed by atoms with Crippen LogP contribution in [-0.4, -0.2) is 48.4 Å². The van der Waals surface area contributed by atoms with E-state index < -0.39 is 6.04 Å². The number of halogens is 1. The van der Waals surface area contributed by atoms with Crippen molar-refractivity contribution in [3.8, 4) is 5.75 Å². The van der Waals surface area contributed by atoms with Gasteiger partial charge >= 0.3 is 0 Å². The van der Waals surface area contributed by atoms with Gasteiger partial charge in [-0.25, -0.2) is 4.98 Å². The van der Waals surface area contributed by atoms with Gasteiger partial charge in [0, 0.05) is 5.02 Å². The maximum absolute atomic E-state index is 12.6. The van der Waals surface area contributed by atoms with E-state index in [9.17, 15) is 9.59 Å². The van der Waals surface area contributed by atoms with Crippen LogP contribution in [-0.2, 0) is 9.59 Å². The van der Waals surface area contributed by atoms with Crippen molar-refractivity contribution in [2.24, 2.45) is 0 Å². The second kappa shape index (κ2) is 9.21. The number of aromatic nitrogens is 1. The average Bonchev–Trinajstić information content (AvgIpc) is 3.09. The summed E-state index contributed by atoms with van der Waals surface area (Å²) in [5.74, 6) is -0.0144. The molecule has 1 atom stereocenters. The van der Waals surface area contributed by atoms with Crippen molar-refractivity contribution in [2.75, 3.05) is 31.3 Å². The third-order valence-electron chi connectivity index (χ3n) is 4.39. The van der Waals surface area contributed by atoms with Crippen LogP contribution in [0.2, 0.25) is 5.02 Å². The summed E-state index contributed by atoms with van der Waals surface area (Å²) in [7, 11) is 3.22. The van der Waals surface area contributed by atoms with E-state index in [1.165, 1.54) is 18.4 Å². The van der Waals surface area contributed by atoms with E-state index in [2.05, 4.69) is 15.6 Å². The normalized spacial score (nSPS) is 12.0. The summed E-state index contributed by atoms with van der Waals surface area (Å²) in [6, 6.07) is 12.1. The van der Waals surface area contributed by atoms with Crippen molar-refractivity contribution >= 4 is 55.8 Å². The zero-order valence-electron chi connectivity index (χ0n) is 16.2. The molecule has 0 radical (unpaired) electrons. The number of hydrogen-bond acceptors (Lipinski definition) is 6. The number of methoxy groups -OCH3 is 1. The number of carbonyl (C=O) groups excluding carboxylic acids is 2. The van der Waals surface area contributed by atoms with Gasteiger partial charge in [0.25, 0.3) is 0 Å². The average molecular weight is 433 g/mol. The topological polar surface area (TPSA) is 83.6 Å². The van der Waals surface area contributed by atoms with E-state index in [1.807, 2.05) is 24.3 Å². The number of hydrogen-bond donors (Lipinski definition) is 2. The molecule has 152 valence electrons. The molecule has 2 N–H and O–H groups in total. The molecule has 3 rings (SSSR count). The first kappa shape index (κ1) is 21.0. The van der Waals surface area contributed by atoms with Gasteiger partial charge in [0.05, 0.1) is 35.6 Å². The fraction of sp³-hybridized carbons (Fsp3) is 0.250. The SMILES string of the molecule is COc1ccc(Cl)cc1NC(=O)CN(C)C(C)C(=O)Nc1nc2ccccc2s1. The van der Waals surface area contributed by atoms with Crippen molar-refractivity contribution < 1.29 is 14.3 Å². The minimum absolute atomic E-state index is 0.0180. The number of para-hydroxylation sites is 1. The molecule has 3 aromatic rings. The van der Waals surface area contributed by atoms with Gasteiger partial charge in [-0.15, -0.1) is 0 Å². The molecule has 2 amide bonds. The van der Waals surface area contributed by atoms with Crippen molar-refractivity contribution in [2.45, 2.75) is 13.0 Å². The molecule has 9 heteroatoms. The molecule has 0 saturated heterocycles. The zero-order chi connectivity index (χ0) is 21.0. The number of likely N-dealkylation sites (N-methyl/N-ethyl adjacent to an activating group) is 1. The second-order valence-electron chi connectivity index (χ2n) is 6.46. The van der Waals surface area contributed by atoms with Gasteiger partial charge in [0.15, 0.2) is 5.13 Å². The summed E-state index contributed by atoms with van der Waals surface area (Å²) in [6.07, 6.45) is 0. The lowest BCUT2D eigenvalue weighted by Gasteiger charge is -2.23. The predicted molar refractivity (Wildman–Crippen MR) is 117 cm³/mol. The quantitative estimate of drug-likeness (QED) is 0.592. The summed E-state index contributed by atoms with van der Waals surface area (Å²) in [5.41, 5.74) is 1.31. The van der Waals surface area contributed by atoms with E-state index >= 15 is 0 Å². The molecule has 0 aliphatic heterocycles. The first-order valence-electron chi connectivity index (χ1n) is 8.87. The van der Waals surface area contributed by atoms with Gasteiger partial charge in [-0.1, -0.05) is 35.1 Å². The Morgan fingerprint density at radius 1 is 1.24 bits per heavy atom. The lowest BCUT2D eigenvalue weighted by atomic mass is 10.2. The Morgan fingerprint density at radius 2 is 2.00 bits per heavy atom. The summed E-state index contributed by atoms with van der Waals surface area (Å²) < 4.78 is 6.23.